The summed E-state index contributed by atoms with van der Waals surface area (Å²) in [5.74, 6) is 0.655. The minimum atomic E-state index is -0.153. The van der Waals surface area contributed by atoms with Gasteiger partial charge < -0.3 is 15.4 Å². The fourth-order valence-electron chi connectivity index (χ4n) is 2.87. The van der Waals surface area contributed by atoms with Gasteiger partial charge in [0, 0.05) is 11.3 Å². The number of anilines is 1. The third-order valence-corrected chi connectivity index (χ3v) is 4.23. The Morgan fingerprint density at radius 2 is 2.07 bits per heavy atom. The van der Waals surface area contributed by atoms with Crippen molar-refractivity contribution in [3.63, 3.8) is 0 Å². The lowest BCUT2D eigenvalue weighted by Crippen LogP contribution is -2.32. The number of para-hydroxylation sites is 1. The standard InChI is InChI=1S/C19H22N6O2/c1-13-10-15(8-9-17(13)25-12-21-23-24-25)20-11-19(26)22-14(2)16-6-4-5-7-18(16)27-3/h4-10,12,14,20H,11H2,1-3H3,(H,22,26). The Labute approximate surface area is 157 Å². The fourth-order valence-corrected chi connectivity index (χ4v) is 2.87. The van der Waals surface area contributed by atoms with Crippen molar-refractivity contribution in [1.82, 2.24) is 25.5 Å². The quantitative estimate of drug-likeness (QED) is 0.666. The number of aromatic nitrogens is 4. The molecule has 0 bridgehead atoms. The fraction of sp³-hybridized carbons (Fsp3) is 0.263. The van der Waals surface area contributed by atoms with Gasteiger partial charge in [-0.2, -0.15) is 0 Å². The monoisotopic (exact) mass is 366 g/mol. The second-order valence-corrected chi connectivity index (χ2v) is 6.14. The molecule has 2 N–H and O–H groups in total. The van der Waals surface area contributed by atoms with Crippen molar-refractivity contribution in [1.29, 1.82) is 0 Å². The van der Waals surface area contributed by atoms with E-state index in [0.29, 0.717) is 0 Å². The maximum Gasteiger partial charge on any atom is 0.239 e. The number of amides is 1. The third kappa shape index (κ3) is 4.41. The molecule has 0 fully saturated rings. The van der Waals surface area contributed by atoms with E-state index in [1.165, 1.54) is 0 Å². The highest BCUT2D eigenvalue weighted by atomic mass is 16.5. The summed E-state index contributed by atoms with van der Waals surface area (Å²) in [6.07, 6.45) is 1.54. The Hall–Kier alpha value is -3.42. The van der Waals surface area contributed by atoms with Crippen LogP contribution < -0.4 is 15.4 Å². The summed E-state index contributed by atoms with van der Waals surface area (Å²) in [5.41, 5.74) is 3.68. The van der Waals surface area contributed by atoms with Crippen molar-refractivity contribution in [3.8, 4) is 11.4 Å². The van der Waals surface area contributed by atoms with Crippen molar-refractivity contribution in [2.24, 2.45) is 0 Å². The van der Waals surface area contributed by atoms with Gasteiger partial charge in [0.25, 0.3) is 0 Å². The smallest absolute Gasteiger partial charge is 0.239 e. The van der Waals surface area contributed by atoms with Crippen LogP contribution in [0.3, 0.4) is 0 Å². The molecular weight excluding hydrogens is 344 g/mol. The Morgan fingerprint density at radius 1 is 1.26 bits per heavy atom. The molecule has 0 aliphatic rings. The zero-order valence-corrected chi connectivity index (χ0v) is 15.5. The average molecular weight is 366 g/mol. The first kappa shape index (κ1) is 18.4. The van der Waals surface area contributed by atoms with Crippen LogP contribution >= 0.6 is 0 Å². The third-order valence-electron chi connectivity index (χ3n) is 4.23. The predicted octanol–water partition coefficient (Wildman–Crippen LogP) is 2.27. The molecule has 0 aliphatic carbocycles. The summed E-state index contributed by atoms with van der Waals surface area (Å²) >= 11 is 0. The van der Waals surface area contributed by atoms with E-state index in [9.17, 15) is 4.79 Å². The molecule has 3 aromatic rings. The topological polar surface area (TPSA) is 94.0 Å². The number of nitrogens with one attached hydrogen (secondary N) is 2. The maximum atomic E-state index is 12.3. The molecule has 0 aliphatic heterocycles. The number of rotatable bonds is 7. The summed E-state index contributed by atoms with van der Waals surface area (Å²) in [6, 6.07) is 13.2. The van der Waals surface area contributed by atoms with Crippen LogP contribution in [-0.4, -0.2) is 39.8 Å². The largest absolute Gasteiger partial charge is 0.496 e. The van der Waals surface area contributed by atoms with Crippen LogP contribution in [0.4, 0.5) is 5.69 Å². The number of carbonyl (C=O) groups excluding carboxylic acids is 1. The Bertz CT molecular complexity index is 910. The van der Waals surface area contributed by atoms with E-state index in [1.807, 2.05) is 56.3 Å². The molecule has 140 valence electrons. The van der Waals surface area contributed by atoms with Gasteiger partial charge in [0.2, 0.25) is 5.91 Å². The summed E-state index contributed by atoms with van der Waals surface area (Å²) in [6.45, 7) is 4.07. The Balaban J connectivity index is 1.58. The molecule has 8 nitrogen and oxygen atoms in total. The lowest BCUT2D eigenvalue weighted by molar-refractivity contribution is -0.120. The molecule has 1 heterocycles. The van der Waals surface area contributed by atoms with Gasteiger partial charge >= 0.3 is 0 Å². The highest BCUT2D eigenvalue weighted by molar-refractivity contribution is 5.81. The SMILES string of the molecule is COc1ccccc1C(C)NC(=O)CNc1ccc(-n2cnnn2)c(C)c1. The van der Waals surface area contributed by atoms with Crippen LogP contribution in [0.25, 0.3) is 5.69 Å². The molecule has 0 saturated heterocycles. The molecule has 3 rings (SSSR count). The first-order valence-corrected chi connectivity index (χ1v) is 8.58. The highest BCUT2D eigenvalue weighted by Crippen LogP contribution is 2.24. The second kappa shape index (κ2) is 8.31. The number of tetrazole rings is 1. The summed E-state index contributed by atoms with van der Waals surface area (Å²) in [5, 5.41) is 17.3. The van der Waals surface area contributed by atoms with E-state index in [1.54, 1.807) is 18.1 Å². The van der Waals surface area contributed by atoms with Crippen LogP contribution in [0.1, 0.15) is 24.1 Å². The number of carbonyl (C=O) groups is 1. The molecule has 0 spiro atoms. The molecule has 1 aromatic heterocycles. The number of nitrogens with zero attached hydrogens (tertiary/aromatic N) is 4. The summed E-state index contributed by atoms with van der Waals surface area (Å²) < 4.78 is 6.95. The van der Waals surface area contributed by atoms with E-state index in [2.05, 4.69) is 26.2 Å². The Kier molecular flexibility index (Phi) is 5.65. The van der Waals surface area contributed by atoms with Crippen molar-refractivity contribution < 1.29 is 9.53 Å². The van der Waals surface area contributed by atoms with Gasteiger partial charge in [0.05, 0.1) is 25.4 Å². The molecule has 8 heteroatoms. The average Bonchev–Trinajstić information content (AvgIpc) is 3.20. The molecule has 0 radical (unpaired) electrons. The normalized spacial score (nSPS) is 11.7. The highest BCUT2D eigenvalue weighted by Gasteiger charge is 2.13. The van der Waals surface area contributed by atoms with Gasteiger partial charge in [-0.25, -0.2) is 4.68 Å². The van der Waals surface area contributed by atoms with Crippen molar-refractivity contribution in [2.75, 3.05) is 19.0 Å². The number of hydrogen-bond donors (Lipinski definition) is 2. The molecule has 1 atom stereocenters. The zero-order valence-electron chi connectivity index (χ0n) is 15.5. The zero-order chi connectivity index (χ0) is 19.2. The number of hydrogen-bond acceptors (Lipinski definition) is 6. The van der Waals surface area contributed by atoms with Crippen molar-refractivity contribution in [3.05, 3.63) is 59.9 Å². The maximum absolute atomic E-state index is 12.3. The first-order valence-electron chi connectivity index (χ1n) is 8.58. The number of methoxy groups -OCH3 is 1. The van der Waals surface area contributed by atoms with E-state index in [-0.39, 0.29) is 18.5 Å². The van der Waals surface area contributed by atoms with Gasteiger partial charge in [-0.05, 0) is 54.1 Å². The molecule has 1 amide bonds. The summed E-state index contributed by atoms with van der Waals surface area (Å²) in [7, 11) is 1.62. The predicted molar refractivity (Wildman–Crippen MR) is 102 cm³/mol. The number of benzene rings is 2. The molecule has 27 heavy (non-hydrogen) atoms. The second-order valence-electron chi connectivity index (χ2n) is 6.14. The van der Waals surface area contributed by atoms with Gasteiger partial charge in [-0.1, -0.05) is 18.2 Å². The van der Waals surface area contributed by atoms with E-state index >= 15 is 0 Å². The molecule has 1 unspecified atom stereocenters. The number of aryl methyl sites for hydroxylation is 1. The van der Waals surface area contributed by atoms with Crippen molar-refractivity contribution >= 4 is 11.6 Å². The van der Waals surface area contributed by atoms with Crippen LogP contribution in [0.5, 0.6) is 5.75 Å². The molecule has 2 aromatic carbocycles. The molecule has 0 saturated carbocycles. The molecular formula is C19H22N6O2. The van der Waals surface area contributed by atoms with Crippen LogP contribution in [-0.2, 0) is 4.79 Å². The van der Waals surface area contributed by atoms with Gasteiger partial charge in [-0.3, -0.25) is 4.79 Å². The van der Waals surface area contributed by atoms with Gasteiger partial charge in [0.1, 0.15) is 12.1 Å². The summed E-state index contributed by atoms with van der Waals surface area (Å²) in [4.78, 5) is 12.3. The van der Waals surface area contributed by atoms with Crippen LogP contribution in [0, 0.1) is 6.92 Å². The van der Waals surface area contributed by atoms with Gasteiger partial charge in [0.15, 0.2) is 0 Å². The van der Waals surface area contributed by atoms with Crippen LogP contribution in [0.15, 0.2) is 48.8 Å². The van der Waals surface area contributed by atoms with E-state index < -0.39 is 0 Å². The number of ether oxygens (including phenoxy) is 1. The van der Waals surface area contributed by atoms with E-state index in [0.717, 1.165) is 28.3 Å². The van der Waals surface area contributed by atoms with E-state index in [4.69, 9.17) is 4.74 Å². The minimum Gasteiger partial charge on any atom is -0.496 e. The van der Waals surface area contributed by atoms with Crippen LogP contribution in [0.2, 0.25) is 0 Å². The minimum absolute atomic E-state index is 0.101. The Morgan fingerprint density at radius 3 is 2.78 bits per heavy atom. The lowest BCUT2D eigenvalue weighted by atomic mass is 10.1. The lowest BCUT2D eigenvalue weighted by Gasteiger charge is -2.17. The van der Waals surface area contributed by atoms with Crippen molar-refractivity contribution in [2.45, 2.75) is 19.9 Å². The first-order chi connectivity index (χ1) is 13.1. The van der Waals surface area contributed by atoms with Gasteiger partial charge in [-0.15, -0.1) is 5.10 Å².